The first-order valence-corrected chi connectivity index (χ1v) is 10.3. The zero-order valence-electron chi connectivity index (χ0n) is 17.2. The summed E-state index contributed by atoms with van der Waals surface area (Å²) in [6.45, 7) is 0.702. The number of halogens is 1. The maximum atomic E-state index is 6.08. The number of aromatic nitrogens is 3. The van der Waals surface area contributed by atoms with Crippen LogP contribution in [-0.4, -0.2) is 29.0 Å². The second kappa shape index (κ2) is 7.93. The van der Waals surface area contributed by atoms with Crippen LogP contribution < -0.4 is 9.47 Å². The lowest BCUT2D eigenvalue weighted by Crippen LogP contribution is -2.05. The van der Waals surface area contributed by atoms with Crippen molar-refractivity contribution >= 4 is 22.5 Å². The molecule has 5 rings (SSSR count). The number of methoxy groups -OCH3 is 2. The Bertz CT molecular complexity index is 1330. The van der Waals surface area contributed by atoms with E-state index in [1.54, 1.807) is 14.2 Å². The lowest BCUT2D eigenvalue weighted by atomic mass is 10.0. The molecule has 0 fully saturated rings. The molecule has 0 spiro atoms. The van der Waals surface area contributed by atoms with Gasteiger partial charge in [0, 0.05) is 40.3 Å². The molecule has 0 atom stereocenters. The molecule has 0 aromatic heterocycles. The molecule has 0 unspecified atom stereocenters. The highest BCUT2D eigenvalue weighted by Crippen LogP contribution is 2.41. The summed E-state index contributed by atoms with van der Waals surface area (Å²) in [5.41, 5.74) is 5.78. The summed E-state index contributed by atoms with van der Waals surface area (Å²) in [4.78, 5) is 0. The Kier molecular flexibility index (Phi) is 4.96. The van der Waals surface area contributed by atoms with Gasteiger partial charge in [-0.25, -0.2) is 0 Å². The van der Waals surface area contributed by atoms with Crippen LogP contribution in [0.4, 0.5) is 0 Å². The number of pyridine rings is 1. The molecule has 2 aliphatic rings. The summed E-state index contributed by atoms with van der Waals surface area (Å²) in [5.74, 6) is 1.33. The van der Waals surface area contributed by atoms with Gasteiger partial charge in [-0.3, -0.25) is 0 Å². The van der Waals surface area contributed by atoms with E-state index in [1.165, 1.54) is 5.56 Å². The summed E-state index contributed by atoms with van der Waals surface area (Å²) < 4.78 is 13.3. The molecule has 2 heterocycles. The second-order valence-electron chi connectivity index (χ2n) is 7.28. The van der Waals surface area contributed by atoms with Crippen LogP contribution in [-0.2, 0) is 6.54 Å². The standard InChI is InChI=1S/C25H20ClN3O2/c1-30-22-12-19-21(13-23(22)31-2)29(14-16-6-4-3-5-7-16)15-20-24(27-28-25(19)20)17-8-10-18(26)11-9-17/h3-13,15H,14H2,1-2H3. The van der Waals surface area contributed by atoms with E-state index in [-0.39, 0.29) is 0 Å². The van der Waals surface area contributed by atoms with E-state index < -0.39 is 0 Å². The molecule has 0 bridgehead atoms. The molecule has 0 saturated carbocycles. The third-order valence-corrected chi connectivity index (χ3v) is 5.68. The van der Waals surface area contributed by atoms with Crippen LogP contribution in [0.1, 0.15) is 5.56 Å². The minimum Gasteiger partial charge on any atom is -0.493 e. The number of ether oxygens (including phenoxy) is 2. The molecule has 0 aliphatic carbocycles. The Morgan fingerprint density at radius 3 is 2.23 bits per heavy atom. The predicted octanol–water partition coefficient (Wildman–Crippen LogP) is 5.92. The van der Waals surface area contributed by atoms with Crippen molar-refractivity contribution < 1.29 is 9.47 Å². The monoisotopic (exact) mass is 429 g/mol. The lowest BCUT2D eigenvalue weighted by Gasteiger charge is -2.17. The van der Waals surface area contributed by atoms with Crippen molar-refractivity contribution in [3.05, 3.63) is 83.5 Å². The maximum Gasteiger partial charge on any atom is 0.162 e. The van der Waals surface area contributed by atoms with Gasteiger partial charge < -0.3 is 14.0 Å². The third kappa shape index (κ3) is 3.47. The van der Waals surface area contributed by atoms with Gasteiger partial charge in [0.2, 0.25) is 0 Å². The number of hydrogen-bond acceptors (Lipinski definition) is 4. The van der Waals surface area contributed by atoms with Crippen molar-refractivity contribution in [1.82, 2.24) is 14.8 Å². The van der Waals surface area contributed by atoms with Gasteiger partial charge in [-0.15, -0.1) is 10.2 Å². The maximum absolute atomic E-state index is 6.08. The highest BCUT2D eigenvalue weighted by molar-refractivity contribution is 6.30. The van der Waals surface area contributed by atoms with Gasteiger partial charge in [0.1, 0.15) is 11.4 Å². The SMILES string of the molecule is COc1cc2c3nnc(-c4ccc(Cl)cc4)c-3cn(Cc3ccccc3)c2cc1OC. The molecule has 0 saturated heterocycles. The van der Waals surface area contributed by atoms with Crippen LogP contribution in [0.2, 0.25) is 5.02 Å². The van der Waals surface area contributed by atoms with Gasteiger partial charge in [-0.2, -0.15) is 0 Å². The molecule has 5 nitrogen and oxygen atoms in total. The van der Waals surface area contributed by atoms with Gasteiger partial charge in [0.05, 0.1) is 19.7 Å². The van der Waals surface area contributed by atoms with E-state index in [4.69, 9.17) is 21.1 Å². The zero-order valence-corrected chi connectivity index (χ0v) is 17.9. The van der Waals surface area contributed by atoms with E-state index in [2.05, 4.69) is 33.1 Å². The second-order valence-corrected chi connectivity index (χ2v) is 7.72. The molecule has 0 amide bonds. The predicted molar refractivity (Wildman–Crippen MR) is 123 cm³/mol. The fraction of sp³-hybridized carbons (Fsp3) is 0.120. The van der Waals surface area contributed by atoms with E-state index in [0.717, 1.165) is 33.4 Å². The normalized spacial score (nSPS) is 11.2. The van der Waals surface area contributed by atoms with Crippen LogP contribution >= 0.6 is 11.6 Å². The minimum atomic E-state index is 0.657. The van der Waals surface area contributed by atoms with Crippen LogP contribution in [0.15, 0.2) is 72.9 Å². The Morgan fingerprint density at radius 1 is 0.839 bits per heavy atom. The average Bonchev–Trinajstić information content (AvgIpc) is 3.23. The topological polar surface area (TPSA) is 49.2 Å². The minimum absolute atomic E-state index is 0.657. The number of fused-ring (bicyclic) bond motifs is 3. The lowest BCUT2D eigenvalue weighted by molar-refractivity contribution is 0.355. The van der Waals surface area contributed by atoms with Gasteiger partial charge in [0.25, 0.3) is 0 Å². The van der Waals surface area contributed by atoms with Gasteiger partial charge in [-0.1, -0.05) is 54.1 Å². The molecule has 2 aliphatic heterocycles. The van der Waals surface area contributed by atoms with Gasteiger partial charge in [-0.05, 0) is 23.8 Å². The number of benzene rings is 3. The van der Waals surface area contributed by atoms with Crippen molar-refractivity contribution in [2.24, 2.45) is 0 Å². The Balaban J connectivity index is 1.78. The van der Waals surface area contributed by atoms with Crippen molar-refractivity contribution in [3.8, 4) is 34.0 Å². The quantitative estimate of drug-likeness (QED) is 0.348. The van der Waals surface area contributed by atoms with Crippen molar-refractivity contribution in [1.29, 1.82) is 0 Å². The van der Waals surface area contributed by atoms with Crippen LogP contribution in [0.3, 0.4) is 0 Å². The summed E-state index contributed by atoms with van der Waals surface area (Å²) >= 11 is 6.08. The van der Waals surface area contributed by atoms with Crippen LogP contribution in [0.25, 0.3) is 33.4 Å². The summed E-state index contributed by atoms with van der Waals surface area (Å²) in [5, 5.41) is 10.7. The zero-order chi connectivity index (χ0) is 21.4. The number of hydrogen-bond donors (Lipinski definition) is 0. The molecule has 0 N–H and O–H groups in total. The highest BCUT2D eigenvalue weighted by atomic mass is 35.5. The summed E-state index contributed by atoms with van der Waals surface area (Å²) in [6.07, 6.45) is 2.11. The van der Waals surface area contributed by atoms with E-state index >= 15 is 0 Å². The largest absolute Gasteiger partial charge is 0.493 e. The van der Waals surface area contributed by atoms with E-state index in [9.17, 15) is 0 Å². The first kappa shape index (κ1) is 19.4. The van der Waals surface area contributed by atoms with E-state index in [0.29, 0.717) is 23.1 Å². The van der Waals surface area contributed by atoms with Gasteiger partial charge >= 0.3 is 0 Å². The Hall–Kier alpha value is -3.57. The van der Waals surface area contributed by atoms with Crippen LogP contribution in [0, 0.1) is 0 Å². The molecule has 3 aromatic carbocycles. The van der Waals surface area contributed by atoms with E-state index in [1.807, 2.05) is 54.6 Å². The average molecular weight is 430 g/mol. The first-order valence-electron chi connectivity index (χ1n) is 9.89. The highest BCUT2D eigenvalue weighted by Gasteiger charge is 2.22. The fourth-order valence-electron chi connectivity index (χ4n) is 3.89. The molecule has 154 valence electrons. The first-order chi connectivity index (χ1) is 15.2. The molecule has 3 aromatic rings. The van der Waals surface area contributed by atoms with Crippen molar-refractivity contribution in [2.75, 3.05) is 14.2 Å². The molecular formula is C25H20ClN3O2. The van der Waals surface area contributed by atoms with Crippen LogP contribution in [0.5, 0.6) is 11.5 Å². The van der Waals surface area contributed by atoms with Gasteiger partial charge in [0.15, 0.2) is 11.5 Å². The third-order valence-electron chi connectivity index (χ3n) is 5.43. The summed E-state index contributed by atoms with van der Waals surface area (Å²) in [7, 11) is 3.28. The number of nitrogens with zero attached hydrogens (tertiary/aromatic N) is 3. The van der Waals surface area contributed by atoms with Crippen molar-refractivity contribution in [3.63, 3.8) is 0 Å². The molecule has 31 heavy (non-hydrogen) atoms. The fourth-order valence-corrected chi connectivity index (χ4v) is 4.02. The molecular weight excluding hydrogens is 410 g/mol. The number of rotatable bonds is 5. The molecule has 6 heteroatoms. The smallest absolute Gasteiger partial charge is 0.162 e. The molecule has 0 radical (unpaired) electrons. The Morgan fingerprint density at radius 2 is 1.52 bits per heavy atom. The van der Waals surface area contributed by atoms with Crippen molar-refractivity contribution in [2.45, 2.75) is 6.54 Å². The Labute approximate surface area is 185 Å². The summed E-state index contributed by atoms with van der Waals surface area (Å²) in [6, 6.07) is 22.0.